The van der Waals surface area contributed by atoms with Gasteiger partial charge in [0.1, 0.15) is 0 Å². The fourth-order valence-electron chi connectivity index (χ4n) is 2.97. The first-order chi connectivity index (χ1) is 10.6. The lowest BCUT2D eigenvalue weighted by atomic mass is 9.96. The van der Waals surface area contributed by atoms with Crippen molar-refractivity contribution in [3.63, 3.8) is 0 Å². The van der Waals surface area contributed by atoms with Gasteiger partial charge in [-0.3, -0.25) is 0 Å². The molecular formula is C18H23NO2S. The number of benzene rings is 2. The maximum Gasteiger partial charge on any atom is 0.240 e. The molecule has 0 spiro atoms. The highest BCUT2D eigenvalue weighted by Gasteiger charge is 2.21. The maximum atomic E-state index is 12.4. The molecule has 1 N–H and O–H groups in total. The third-order valence-electron chi connectivity index (χ3n) is 4.20. The van der Waals surface area contributed by atoms with Crippen LogP contribution in [0.5, 0.6) is 0 Å². The topological polar surface area (TPSA) is 46.2 Å². The molecule has 0 radical (unpaired) electrons. The summed E-state index contributed by atoms with van der Waals surface area (Å²) in [4.78, 5) is 0.345. The molecule has 0 saturated heterocycles. The van der Waals surface area contributed by atoms with E-state index in [1.165, 1.54) is 6.42 Å². The minimum Gasteiger partial charge on any atom is -0.208 e. The highest BCUT2D eigenvalue weighted by molar-refractivity contribution is 7.89. The summed E-state index contributed by atoms with van der Waals surface area (Å²) in [5.74, 6) is 0. The second-order valence-electron chi connectivity index (χ2n) is 5.85. The van der Waals surface area contributed by atoms with Gasteiger partial charge in [0.2, 0.25) is 10.0 Å². The normalized spacial score (nSPS) is 16.5. The molecule has 0 aliphatic heterocycles. The zero-order valence-corrected chi connectivity index (χ0v) is 13.4. The summed E-state index contributed by atoms with van der Waals surface area (Å²) in [6.07, 6.45) is 5.33. The van der Waals surface area contributed by atoms with Crippen molar-refractivity contribution in [1.82, 2.24) is 4.72 Å². The van der Waals surface area contributed by atoms with E-state index in [0.29, 0.717) is 4.90 Å². The number of hydrogen-bond donors (Lipinski definition) is 1. The molecule has 2 aromatic rings. The van der Waals surface area contributed by atoms with E-state index in [-0.39, 0.29) is 7.47 Å². The average Bonchev–Trinajstić information content (AvgIpc) is 2.56. The molecule has 0 bridgehead atoms. The lowest BCUT2D eigenvalue weighted by Crippen LogP contribution is -2.36. The number of rotatable bonds is 4. The molecule has 0 unspecified atom stereocenters. The highest BCUT2D eigenvalue weighted by Crippen LogP contribution is 2.23. The Hall–Kier alpha value is -1.65. The van der Waals surface area contributed by atoms with Gasteiger partial charge in [0.05, 0.1) is 4.90 Å². The molecule has 3 nitrogen and oxygen atoms in total. The molecule has 22 heavy (non-hydrogen) atoms. The second-order valence-corrected chi connectivity index (χ2v) is 7.56. The van der Waals surface area contributed by atoms with Crippen molar-refractivity contribution >= 4 is 10.0 Å². The van der Waals surface area contributed by atoms with E-state index >= 15 is 0 Å². The monoisotopic (exact) mass is 317 g/mol. The zero-order chi connectivity index (χ0) is 15.4. The smallest absolute Gasteiger partial charge is 0.208 e. The van der Waals surface area contributed by atoms with Crippen LogP contribution in [0.2, 0.25) is 0 Å². The second kappa shape index (κ2) is 6.63. The first-order valence-electron chi connectivity index (χ1n) is 7.83. The van der Waals surface area contributed by atoms with E-state index < -0.39 is 10.0 Å². The van der Waals surface area contributed by atoms with Gasteiger partial charge in [-0.1, -0.05) is 61.7 Å². The van der Waals surface area contributed by atoms with Gasteiger partial charge in [-0.25, -0.2) is 13.1 Å². The summed E-state index contributed by atoms with van der Waals surface area (Å²) in [5.41, 5.74) is 2.11. The molecule has 0 amide bonds. The predicted molar refractivity (Wildman–Crippen MR) is 91.2 cm³/mol. The van der Waals surface area contributed by atoms with Crippen LogP contribution in [-0.4, -0.2) is 14.5 Å². The first kappa shape index (κ1) is 15.3. The molecule has 2 aromatic carbocycles. The van der Waals surface area contributed by atoms with Gasteiger partial charge in [0.25, 0.3) is 0 Å². The molecule has 118 valence electrons. The number of sulfonamides is 1. The van der Waals surface area contributed by atoms with E-state index in [1.54, 1.807) is 12.1 Å². The Balaban J connectivity index is 0.00000192. The SMILES string of the molecule is O=S(=O)(NC1CCCCC1)c1ccc(-c2ccccc2)cc1.[HH]. The van der Waals surface area contributed by atoms with E-state index in [0.717, 1.165) is 36.8 Å². The van der Waals surface area contributed by atoms with Gasteiger partial charge < -0.3 is 0 Å². The Morgan fingerprint density at radius 2 is 1.41 bits per heavy atom. The lowest BCUT2D eigenvalue weighted by molar-refractivity contribution is 0.412. The lowest BCUT2D eigenvalue weighted by Gasteiger charge is -2.22. The van der Waals surface area contributed by atoms with Crippen LogP contribution in [0, 0.1) is 0 Å². The first-order valence-corrected chi connectivity index (χ1v) is 9.31. The standard InChI is InChI=1S/C18H21NO2S.H2/c20-22(21,19-17-9-5-2-6-10-17)18-13-11-16(12-14-18)15-7-3-1-4-8-15;/h1,3-4,7-8,11-14,17,19H,2,5-6,9-10H2;1H. The molecule has 1 fully saturated rings. The van der Waals surface area contributed by atoms with Crippen LogP contribution in [0.25, 0.3) is 11.1 Å². The molecule has 0 heterocycles. The molecule has 0 atom stereocenters. The Kier molecular flexibility index (Phi) is 4.60. The molecule has 1 aliphatic carbocycles. The fraction of sp³-hybridized carbons (Fsp3) is 0.333. The van der Waals surface area contributed by atoms with Gasteiger partial charge in [-0.2, -0.15) is 0 Å². The van der Waals surface area contributed by atoms with Crippen molar-refractivity contribution in [2.24, 2.45) is 0 Å². The quantitative estimate of drug-likeness (QED) is 0.918. The fourth-order valence-corrected chi connectivity index (χ4v) is 4.27. The largest absolute Gasteiger partial charge is 0.240 e. The van der Waals surface area contributed by atoms with Crippen LogP contribution in [-0.2, 0) is 10.0 Å². The molecule has 3 rings (SSSR count). The van der Waals surface area contributed by atoms with E-state index in [4.69, 9.17) is 0 Å². The van der Waals surface area contributed by atoms with Gasteiger partial charge in [-0.05, 0) is 36.1 Å². The van der Waals surface area contributed by atoms with Gasteiger partial charge in [0, 0.05) is 7.47 Å². The minimum atomic E-state index is -3.41. The highest BCUT2D eigenvalue weighted by atomic mass is 32.2. The Morgan fingerprint density at radius 1 is 0.818 bits per heavy atom. The van der Waals surface area contributed by atoms with Gasteiger partial charge in [0.15, 0.2) is 0 Å². The van der Waals surface area contributed by atoms with E-state index in [2.05, 4.69) is 4.72 Å². The van der Waals surface area contributed by atoms with Crippen molar-refractivity contribution in [1.29, 1.82) is 0 Å². The Morgan fingerprint density at radius 3 is 2.05 bits per heavy atom. The van der Waals surface area contributed by atoms with Crippen molar-refractivity contribution < 1.29 is 9.84 Å². The van der Waals surface area contributed by atoms with Crippen molar-refractivity contribution in [2.75, 3.05) is 0 Å². The summed E-state index contributed by atoms with van der Waals surface area (Å²) in [6, 6.07) is 17.2. The summed E-state index contributed by atoms with van der Waals surface area (Å²) < 4.78 is 27.7. The molecule has 1 aliphatic rings. The molecular weight excluding hydrogens is 294 g/mol. The number of hydrogen-bond acceptors (Lipinski definition) is 2. The molecule has 0 aromatic heterocycles. The van der Waals surface area contributed by atoms with Crippen LogP contribution >= 0.6 is 0 Å². The third-order valence-corrected chi connectivity index (χ3v) is 5.74. The average molecular weight is 317 g/mol. The Bertz CT molecular complexity index is 708. The van der Waals surface area contributed by atoms with Crippen LogP contribution < -0.4 is 4.72 Å². The predicted octanol–water partition coefficient (Wildman–Crippen LogP) is 4.21. The zero-order valence-electron chi connectivity index (χ0n) is 12.5. The van der Waals surface area contributed by atoms with Crippen molar-refractivity contribution in [2.45, 2.75) is 43.0 Å². The summed E-state index contributed by atoms with van der Waals surface area (Å²) in [5, 5.41) is 0. The Labute approximate surface area is 133 Å². The third kappa shape index (κ3) is 3.57. The summed E-state index contributed by atoms with van der Waals surface area (Å²) in [6.45, 7) is 0. The maximum absolute atomic E-state index is 12.4. The number of nitrogens with one attached hydrogen (secondary N) is 1. The molecule has 4 heteroatoms. The van der Waals surface area contributed by atoms with Crippen molar-refractivity contribution in [3.8, 4) is 11.1 Å². The van der Waals surface area contributed by atoms with Gasteiger partial charge in [-0.15, -0.1) is 0 Å². The minimum absolute atomic E-state index is 0. The van der Waals surface area contributed by atoms with Crippen LogP contribution in [0.15, 0.2) is 59.5 Å². The van der Waals surface area contributed by atoms with Crippen LogP contribution in [0.1, 0.15) is 33.5 Å². The van der Waals surface area contributed by atoms with E-state index in [9.17, 15) is 8.42 Å². The van der Waals surface area contributed by atoms with Crippen LogP contribution in [0.3, 0.4) is 0 Å². The summed E-state index contributed by atoms with van der Waals surface area (Å²) in [7, 11) is -3.41. The van der Waals surface area contributed by atoms with E-state index in [1.807, 2.05) is 42.5 Å². The molecule has 1 saturated carbocycles. The summed E-state index contributed by atoms with van der Waals surface area (Å²) >= 11 is 0. The van der Waals surface area contributed by atoms with Gasteiger partial charge >= 0.3 is 0 Å². The van der Waals surface area contributed by atoms with Crippen molar-refractivity contribution in [3.05, 3.63) is 54.6 Å². The van der Waals surface area contributed by atoms with Crippen LogP contribution in [0.4, 0.5) is 0 Å².